The minimum atomic E-state index is 0.374. The second-order valence-electron chi connectivity index (χ2n) is 5.18. The zero-order chi connectivity index (χ0) is 14.7. The van der Waals surface area contributed by atoms with Crippen LogP contribution in [-0.4, -0.2) is 6.54 Å². The van der Waals surface area contributed by atoms with Crippen LogP contribution in [0.15, 0.2) is 57.7 Å². The molecule has 1 N–H and O–H groups in total. The summed E-state index contributed by atoms with van der Waals surface area (Å²) in [5, 5.41) is 8.45. The number of halogens is 1. The van der Waals surface area contributed by atoms with Crippen molar-refractivity contribution in [3.8, 4) is 0 Å². The number of hydrogen-bond acceptors (Lipinski definition) is 2. The van der Waals surface area contributed by atoms with Crippen molar-refractivity contribution in [1.82, 2.24) is 5.32 Å². The van der Waals surface area contributed by atoms with E-state index in [0.29, 0.717) is 6.04 Å². The van der Waals surface area contributed by atoms with Gasteiger partial charge in [-0.3, -0.25) is 0 Å². The third kappa shape index (κ3) is 3.54. The van der Waals surface area contributed by atoms with Crippen LogP contribution in [0.25, 0.3) is 10.8 Å². The zero-order valence-electron chi connectivity index (χ0n) is 12.0. The highest BCUT2D eigenvalue weighted by Crippen LogP contribution is 2.28. The Morgan fingerprint density at radius 2 is 1.90 bits per heavy atom. The molecule has 3 heteroatoms. The van der Waals surface area contributed by atoms with E-state index in [4.69, 9.17) is 0 Å². The minimum absolute atomic E-state index is 0.374. The maximum absolute atomic E-state index is 3.59. The predicted molar refractivity (Wildman–Crippen MR) is 96.1 cm³/mol. The predicted octanol–water partition coefficient (Wildman–Crippen LogP) is 5.56. The molecule has 21 heavy (non-hydrogen) atoms. The molecule has 0 aliphatic rings. The van der Waals surface area contributed by atoms with Gasteiger partial charge in [-0.15, -0.1) is 11.3 Å². The molecule has 0 radical (unpaired) electrons. The zero-order valence-corrected chi connectivity index (χ0v) is 14.4. The summed E-state index contributed by atoms with van der Waals surface area (Å²) in [6.45, 7) is 3.14. The number of thiophene rings is 1. The third-order valence-corrected chi connectivity index (χ3v) is 5.22. The van der Waals surface area contributed by atoms with Gasteiger partial charge in [0.25, 0.3) is 0 Å². The van der Waals surface area contributed by atoms with Crippen LogP contribution in [0.1, 0.15) is 24.1 Å². The van der Waals surface area contributed by atoms with Gasteiger partial charge in [-0.25, -0.2) is 0 Å². The first-order chi connectivity index (χ1) is 10.3. The summed E-state index contributed by atoms with van der Waals surface area (Å²) in [6, 6.07) is 17.9. The molecule has 0 spiro atoms. The summed E-state index contributed by atoms with van der Waals surface area (Å²) >= 11 is 5.31. The van der Waals surface area contributed by atoms with Crippen LogP contribution in [0, 0.1) is 0 Å². The molecule has 2 aromatic carbocycles. The second-order valence-corrected chi connectivity index (χ2v) is 7.47. The van der Waals surface area contributed by atoms with E-state index in [0.717, 1.165) is 13.0 Å². The Morgan fingerprint density at radius 3 is 2.62 bits per heavy atom. The van der Waals surface area contributed by atoms with E-state index >= 15 is 0 Å². The monoisotopic (exact) mass is 359 g/mol. The molecule has 1 atom stereocenters. The van der Waals surface area contributed by atoms with E-state index in [1.165, 1.54) is 25.7 Å². The average molecular weight is 360 g/mol. The second kappa shape index (κ2) is 6.73. The van der Waals surface area contributed by atoms with Gasteiger partial charge < -0.3 is 5.32 Å². The summed E-state index contributed by atoms with van der Waals surface area (Å²) in [6.07, 6.45) is 1.02. The van der Waals surface area contributed by atoms with E-state index in [1.807, 2.05) is 0 Å². The number of hydrogen-bond donors (Lipinski definition) is 1. The summed E-state index contributed by atoms with van der Waals surface area (Å²) in [5.74, 6) is 0. The van der Waals surface area contributed by atoms with Gasteiger partial charge in [0.2, 0.25) is 0 Å². The molecule has 1 nitrogen and oxygen atoms in total. The van der Waals surface area contributed by atoms with Crippen molar-refractivity contribution in [1.29, 1.82) is 0 Å². The van der Waals surface area contributed by atoms with Crippen LogP contribution in [0.2, 0.25) is 0 Å². The minimum Gasteiger partial charge on any atom is -0.310 e. The van der Waals surface area contributed by atoms with Gasteiger partial charge in [0, 0.05) is 6.04 Å². The van der Waals surface area contributed by atoms with Crippen molar-refractivity contribution in [2.45, 2.75) is 19.4 Å². The lowest BCUT2D eigenvalue weighted by molar-refractivity contribution is 0.551. The highest BCUT2D eigenvalue weighted by atomic mass is 79.9. The van der Waals surface area contributed by atoms with E-state index < -0.39 is 0 Å². The number of fused-ring (bicyclic) bond motifs is 1. The maximum atomic E-state index is 3.59. The molecule has 1 aromatic heterocycles. The normalized spacial score (nSPS) is 12.7. The van der Waals surface area contributed by atoms with Gasteiger partial charge in [-0.1, -0.05) is 49.4 Å². The fraction of sp³-hybridized carbons (Fsp3) is 0.222. The molecule has 0 bridgehead atoms. The summed E-state index contributed by atoms with van der Waals surface area (Å²) in [7, 11) is 0. The first kappa shape index (κ1) is 14.8. The van der Waals surface area contributed by atoms with Gasteiger partial charge >= 0.3 is 0 Å². The summed E-state index contributed by atoms with van der Waals surface area (Å²) in [4.78, 5) is 0. The molecule has 0 saturated carbocycles. The first-order valence-electron chi connectivity index (χ1n) is 7.21. The quantitative estimate of drug-likeness (QED) is 0.628. The van der Waals surface area contributed by atoms with Crippen LogP contribution in [-0.2, 0) is 6.42 Å². The topological polar surface area (TPSA) is 12.0 Å². The lowest BCUT2D eigenvalue weighted by Crippen LogP contribution is -2.22. The molecule has 3 rings (SSSR count). The molecule has 0 aliphatic heterocycles. The summed E-state index contributed by atoms with van der Waals surface area (Å²) in [5.41, 5.74) is 2.74. The van der Waals surface area contributed by atoms with Crippen molar-refractivity contribution >= 4 is 38.0 Å². The average Bonchev–Trinajstić information content (AvgIpc) is 2.93. The molecular weight excluding hydrogens is 342 g/mol. The van der Waals surface area contributed by atoms with Crippen molar-refractivity contribution in [2.75, 3.05) is 6.54 Å². The fourth-order valence-electron chi connectivity index (χ4n) is 2.66. The Morgan fingerprint density at radius 1 is 1.10 bits per heavy atom. The number of rotatable bonds is 5. The highest BCUT2D eigenvalue weighted by Gasteiger charge is 2.13. The molecule has 0 amide bonds. The van der Waals surface area contributed by atoms with Gasteiger partial charge in [-0.2, -0.15) is 0 Å². The lowest BCUT2D eigenvalue weighted by atomic mass is 9.98. The maximum Gasteiger partial charge on any atom is 0.0701 e. The van der Waals surface area contributed by atoms with E-state index in [1.54, 1.807) is 11.3 Å². The Balaban J connectivity index is 1.86. The molecule has 1 unspecified atom stereocenters. The van der Waals surface area contributed by atoms with E-state index in [9.17, 15) is 0 Å². The largest absolute Gasteiger partial charge is 0.310 e. The van der Waals surface area contributed by atoms with Gasteiger partial charge in [-0.05, 0) is 62.2 Å². The molecule has 0 fully saturated rings. The van der Waals surface area contributed by atoms with Gasteiger partial charge in [0.05, 0.1) is 3.79 Å². The lowest BCUT2D eigenvalue weighted by Gasteiger charge is -2.17. The molecule has 108 valence electrons. The van der Waals surface area contributed by atoms with E-state index in [-0.39, 0.29) is 0 Å². The van der Waals surface area contributed by atoms with Crippen LogP contribution in [0.4, 0.5) is 0 Å². The van der Waals surface area contributed by atoms with E-state index in [2.05, 4.69) is 82.1 Å². The van der Waals surface area contributed by atoms with Crippen molar-refractivity contribution in [3.05, 3.63) is 68.8 Å². The van der Waals surface area contributed by atoms with Crippen molar-refractivity contribution < 1.29 is 0 Å². The SMILES string of the molecule is CCNC(Cc1ccc2ccccc2c1)c1csc(Br)c1. The Bertz CT molecular complexity index is 735. The standard InChI is InChI=1S/C18H18BrNS/c1-2-20-17(16-11-18(19)21-12-16)10-13-7-8-14-5-3-4-6-15(14)9-13/h3-9,11-12,17,20H,2,10H2,1H3. The fourth-order valence-corrected chi connectivity index (χ4v) is 3.89. The third-order valence-electron chi connectivity index (χ3n) is 3.69. The van der Waals surface area contributed by atoms with Crippen LogP contribution < -0.4 is 5.32 Å². The molecular formula is C18H18BrNS. The Hall–Kier alpha value is -1.16. The highest BCUT2D eigenvalue weighted by molar-refractivity contribution is 9.11. The van der Waals surface area contributed by atoms with Gasteiger partial charge in [0.15, 0.2) is 0 Å². The van der Waals surface area contributed by atoms with Crippen molar-refractivity contribution in [3.63, 3.8) is 0 Å². The smallest absolute Gasteiger partial charge is 0.0701 e. The van der Waals surface area contributed by atoms with Crippen LogP contribution in [0.5, 0.6) is 0 Å². The molecule has 0 saturated heterocycles. The number of likely N-dealkylation sites (N-methyl/N-ethyl adjacent to an activating group) is 1. The summed E-state index contributed by atoms with van der Waals surface area (Å²) < 4.78 is 1.19. The van der Waals surface area contributed by atoms with Gasteiger partial charge in [0.1, 0.15) is 0 Å². The Kier molecular flexibility index (Phi) is 4.73. The van der Waals surface area contributed by atoms with Crippen LogP contribution >= 0.6 is 27.3 Å². The molecule has 1 heterocycles. The van der Waals surface area contributed by atoms with Crippen molar-refractivity contribution in [2.24, 2.45) is 0 Å². The number of nitrogens with one attached hydrogen (secondary N) is 1. The molecule has 0 aliphatic carbocycles. The number of benzene rings is 2. The Labute approximate surface area is 138 Å². The van der Waals surface area contributed by atoms with Crippen LogP contribution in [0.3, 0.4) is 0 Å². The molecule has 3 aromatic rings. The first-order valence-corrected chi connectivity index (χ1v) is 8.88.